The van der Waals surface area contributed by atoms with Gasteiger partial charge in [0.25, 0.3) is 0 Å². The molecule has 2 aromatic carbocycles. The second kappa shape index (κ2) is 6.74. The minimum absolute atomic E-state index is 0.137. The van der Waals surface area contributed by atoms with Gasteiger partial charge in [-0.2, -0.15) is 0 Å². The van der Waals surface area contributed by atoms with Crippen LogP contribution in [-0.4, -0.2) is 20.1 Å². The number of amides is 1. The molecule has 6 heteroatoms. The third-order valence-corrected chi connectivity index (χ3v) is 4.86. The summed E-state index contributed by atoms with van der Waals surface area (Å²) in [6.07, 6.45) is 0. The third-order valence-electron chi connectivity index (χ3n) is 2.86. The first-order valence-electron chi connectivity index (χ1n) is 6.27. The molecule has 0 unspecified atom stereocenters. The Hall–Kier alpha value is -1.85. The van der Waals surface area contributed by atoms with E-state index in [0.717, 1.165) is 5.56 Å². The molecule has 0 aliphatic heterocycles. The summed E-state index contributed by atoms with van der Waals surface area (Å²) in [7, 11) is -3.62. The van der Waals surface area contributed by atoms with Crippen LogP contribution in [0.25, 0.3) is 0 Å². The molecular weight excluding hydrogens is 310 g/mol. The minimum atomic E-state index is -3.62. The first-order chi connectivity index (χ1) is 9.99. The highest BCUT2D eigenvalue weighted by Crippen LogP contribution is 2.14. The predicted octanol–water partition coefficient (Wildman–Crippen LogP) is 2.43. The molecule has 1 N–H and O–H groups in total. The van der Waals surface area contributed by atoms with E-state index in [2.05, 4.69) is 5.32 Å². The Labute approximate surface area is 128 Å². The van der Waals surface area contributed by atoms with Gasteiger partial charge in [-0.1, -0.05) is 48.0 Å². The van der Waals surface area contributed by atoms with E-state index in [1.165, 1.54) is 12.1 Å². The van der Waals surface area contributed by atoms with Crippen molar-refractivity contribution in [1.82, 2.24) is 5.32 Å². The van der Waals surface area contributed by atoms with Gasteiger partial charge in [0.1, 0.15) is 5.75 Å². The average Bonchev–Trinajstić information content (AvgIpc) is 2.47. The molecule has 0 spiro atoms. The van der Waals surface area contributed by atoms with Crippen LogP contribution in [0.1, 0.15) is 5.56 Å². The number of halogens is 1. The summed E-state index contributed by atoms with van der Waals surface area (Å²) in [5.41, 5.74) is 0.740. The van der Waals surface area contributed by atoms with E-state index in [1.807, 2.05) is 0 Å². The second-order valence-corrected chi connectivity index (χ2v) is 6.84. The van der Waals surface area contributed by atoms with Crippen molar-refractivity contribution >= 4 is 27.3 Å². The first kappa shape index (κ1) is 15.5. The second-order valence-electron chi connectivity index (χ2n) is 4.44. The smallest absolute Gasteiger partial charge is 0.235 e. The number of sulfone groups is 1. The fourth-order valence-corrected chi connectivity index (χ4v) is 3.16. The van der Waals surface area contributed by atoms with Crippen LogP contribution in [0.5, 0.6) is 0 Å². The van der Waals surface area contributed by atoms with E-state index in [1.54, 1.807) is 42.5 Å². The summed E-state index contributed by atoms with van der Waals surface area (Å²) < 4.78 is 24.1. The molecule has 0 fully saturated rings. The van der Waals surface area contributed by atoms with Gasteiger partial charge in [-0.3, -0.25) is 4.79 Å². The Balaban J connectivity index is 1.98. The van der Waals surface area contributed by atoms with E-state index >= 15 is 0 Å². The van der Waals surface area contributed by atoms with Crippen LogP contribution in [0.3, 0.4) is 0 Å². The van der Waals surface area contributed by atoms with Gasteiger partial charge in [0.15, 0.2) is 9.84 Å². The molecule has 0 heterocycles. The zero-order chi connectivity index (χ0) is 15.3. The molecular formula is C15H14ClNO3S. The summed E-state index contributed by atoms with van der Waals surface area (Å²) in [4.78, 5) is 11.9. The lowest BCUT2D eigenvalue weighted by Gasteiger charge is -2.07. The van der Waals surface area contributed by atoms with Crippen molar-refractivity contribution in [3.05, 3.63) is 65.2 Å². The molecule has 0 radical (unpaired) electrons. The average molecular weight is 324 g/mol. The number of hydrogen-bond acceptors (Lipinski definition) is 3. The monoisotopic (exact) mass is 323 g/mol. The van der Waals surface area contributed by atoms with Gasteiger partial charge in [-0.25, -0.2) is 8.42 Å². The number of nitrogens with one attached hydrogen (secondary N) is 1. The van der Waals surface area contributed by atoms with E-state index < -0.39 is 21.5 Å². The van der Waals surface area contributed by atoms with E-state index in [9.17, 15) is 13.2 Å². The van der Waals surface area contributed by atoms with Crippen LogP contribution in [-0.2, 0) is 21.2 Å². The Bertz CT molecular complexity index is 730. The Morgan fingerprint density at radius 1 is 1.00 bits per heavy atom. The van der Waals surface area contributed by atoms with Gasteiger partial charge in [-0.15, -0.1) is 0 Å². The van der Waals surface area contributed by atoms with Crippen LogP contribution >= 0.6 is 11.6 Å². The molecule has 0 saturated heterocycles. The van der Waals surface area contributed by atoms with Gasteiger partial charge in [0, 0.05) is 11.6 Å². The minimum Gasteiger partial charge on any atom is -0.351 e. The van der Waals surface area contributed by atoms with Crippen LogP contribution in [0.15, 0.2) is 59.5 Å². The zero-order valence-corrected chi connectivity index (χ0v) is 12.7. The molecule has 2 aromatic rings. The van der Waals surface area contributed by atoms with Gasteiger partial charge in [0.05, 0.1) is 4.90 Å². The number of carbonyl (C=O) groups is 1. The number of benzene rings is 2. The van der Waals surface area contributed by atoms with Crippen molar-refractivity contribution in [3.63, 3.8) is 0 Å². The lowest BCUT2D eigenvalue weighted by Crippen LogP contribution is -2.30. The molecule has 1 amide bonds. The van der Waals surface area contributed by atoms with Gasteiger partial charge in [-0.05, 0) is 23.8 Å². The molecule has 0 atom stereocenters. The quantitative estimate of drug-likeness (QED) is 0.919. The van der Waals surface area contributed by atoms with Crippen molar-refractivity contribution in [2.24, 2.45) is 0 Å². The maximum atomic E-state index is 12.0. The number of hydrogen-bond donors (Lipinski definition) is 1. The maximum absolute atomic E-state index is 12.0. The predicted molar refractivity (Wildman–Crippen MR) is 81.8 cm³/mol. The van der Waals surface area contributed by atoms with Crippen LogP contribution in [0.2, 0.25) is 5.02 Å². The molecule has 0 aliphatic rings. The largest absolute Gasteiger partial charge is 0.351 e. The van der Waals surface area contributed by atoms with E-state index in [4.69, 9.17) is 11.6 Å². The molecule has 0 aliphatic carbocycles. The zero-order valence-electron chi connectivity index (χ0n) is 11.1. The van der Waals surface area contributed by atoms with Crippen LogP contribution in [0, 0.1) is 0 Å². The van der Waals surface area contributed by atoms with Crippen LogP contribution in [0.4, 0.5) is 0 Å². The highest BCUT2D eigenvalue weighted by molar-refractivity contribution is 7.92. The van der Waals surface area contributed by atoms with Crippen LogP contribution < -0.4 is 5.32 Å². The lowest BCUT2D eigenvalue weighted by molar-refractivity contribution is -0.118. The fourth-order valence-electron chi connectivity index (χ4n) is 1.77. The highest BCUT2D eigenvalue weighted by atomic mass is 35.5. The highest BCUT2D eigenvalue weighted by Gasteiger charge is 2.18. The third kappa shape index (κ3) is 4.31. The Morgan fingerprint density at radius 2 is 1.62 bits per heavy atom. The summed E-state index contributed by atoms with van der Waals surface area (Å²) in [6, 6.07) is 15.0. The van der Waals surface area contributed by atoms with Gasteiger partial charge >= 0.3 is 0 Å². The van der Waals surface area contributed by atoms with E-state index in [0.29, 0.717) is 5.02 Å². The van der Waals surface area contributed by atoms with Gasteiger partial charge in [0.2, 0.25) is 5.91 Å². The molecule has 0 aromatic heterocycles. The lowest BCUT2D eigenvalue weighted by atomic mass is 10.2. The summed E-state index contributed by atoms with van der Waals surface area (Å²) in [5.74, 6) is -1.14. The molecule has 2 rings (SSSR count). The molecule has 0 bridgehead atoms. The first-order valence-corrected chi connectivity index (χ1v) is 8.30. The number of rotatable bonds is 5. The maximum Gasteiger partial charge on any atom is 0.235 e. The van der Waals surface area contributed by atoms with E-state index in [-0.39, 0.29) is 11.4 Å². The molecule has 0 saturated carbocycles. The topological polar surface area (TPSA) is 63.2 Å². The normalized spacial score (nSPS) is 11.1. The van der Waals surface area contributed by atoms with Crippen molar-refractivity contribution in [2.75, 3.05) is 5.75 Å². The fraction of sp³-hybridized carbons (Fsp3) is 0.133. The Morgan fingerprint density at radius 3 is 2.29 bits per heavy atom. The SMILES string of the molecule is O=C(CS(=O)(=O)c1ccccc1)NCc1ccccc1Cl. The van der Waals surface area contributed by atoms with Crippen molar-refractivity contribution < 1.29 is 13.2 Å². The summed E-state index contributed by atoms with van der Waals surface area (Å²) >= 11 is 5.97. The standard InChI is InChI=1S/C15H14ClNO3S/c16-14-9-5-4-6-12(14)10-17-15(18)11-21(19,20)13-7-2-1-3-8-13/h1-9H,10-11H2,(H,17,18). The Kier molecular flexibility index (Phi) is 4.98. The van der Waals surface area contributed by atoms with Gasteiger partial charge < -0.3 is 5.32 Å². The number of carbonyl (C=O) groups excluding carboxylic acids is 1. The van der Waals surface area contributed by atoms with Crippen molar-refractivity contribution in [2.45, 2.75) is 11.4 Å². The molecule has 4 nitrogen and oxygen atoms in total. The molecule has 110 valence electrons. The van der Waals surface area contributed by atoms with Crippen molar-refractivity contribution in [3.8, 4) is 0 Å². The van der Waals surface area contributed by atoms with Crippen molar-refractivity contribution in [1.29, 1.82) is 0 Å². The molecule has 21 heavy (non-hydrogen) atoms. The summed E-state index contributed by atoms with van der Waals surface area (Å²) in [6.45, 7) is 0.197. The summed E-state index contributed by atoms with van der Waals surface area (Å²) in [5, 5.41) is 3.09.